The quantitative estimate of drug-likeness (QED) is 0.647. The van der Waals surface area contributed by atoms with E-state index in [2.05, 4.69) is 38.0 Å². The molecule has 2 saturated carbocycles. The molecule has 0 aromatic rings. The molecule has 0 aromatic carbocycles. The number of hydrogen-bond donors (Lipinski definition) is 1. The van der Waals surface area contributed by atoms with E-state index in [0.717, 1.165) is 36.3 Å². The largest absolute Gasteiger partial charge is 0.316 e. The van der Waals surface area contributed by atoms with E-state index in [1.807, 2.05) is 0 Å². The molecule has 0 heterocycles. The Balaban J connectivity index is 1.56. The van der Waals surface area contributed by atoms with Gasteiger partial charge in [0.15, 0.2) is 0 Å². The van der Waals surface area contributed by atoms with Crippen LogP contribution in [0.4, 0.5) is 0 Å². The number of rotatable bonds is 9. The molecule has 2 fully saturated rings. The van der Waals surface area contributed by atoms with E-state index < -0.39 is 0 Å². The summed E-state index contributed by atoms with van der Waals surface area (Å²) < 4.78 is 0. The molecule has 2 heteroatoms. The average molecular weight is 280 g/mol. The third-order valence-corrected chi connectivity index (χ3v) is 5.69. The molecular weight excluding hydrogens is 244 g/mol. The summed E-state index contributed by atoms with van der Waals surface area (Å²) in [5.41, 5.74) is 0. The maximum absolute atomic E-state index is 3.56. The topological polar surface area (TPSA) is 15.3 Å². The normalized spacial score (nSPS) is 30.6. The van der Waals surface area contributed by atoms with Crippen LogP contribution in [-0.4, -0.2) is 37.6 Å². The van der Waals surface area contributed by atoms with Crippen molar-refractivity contribution < 1.29 is 0 Å². The lowest BCUT2D eigenvalue weighted by Gasteiger charge is -2.31. The second kappa shape index (κ2) is 7.79. The van der Waals surface area contributed by atoms with Gasteiger partial charge in [0.25, 0.3) is 0 Å². The summed E-state index contributed by atoms with van der Waals surface area (Å²) >= 11 is 0. The van der Waals surface area contributed by atoms with Crippen LogP contribution < -0.4 is 5.32 Å². The Morgan fingerprint density at radius 1 is 1.15 bits per heavy atom. The van der Waals surface area contributed by atoms with Gasteiger partial charge >= 0.3 is 0 Å². The van der Waals surface area contributed by atoms with E-state index in [4.69, 9.17) is 0 Å². The predicted octanol–water partition coefficient (Wildman–Crippen LogP) is 3.77. The molecule has 1 N–H and O–H groups in total. The zero-order valence-electron chi connectivity index (χ0n) is 14.2. The molecule has 0 saturated heterocycles. The Morgan fingerprint density at radius 3 is 2.55 bits per heavy atom. The van der Waals surface area contributed by atoms with Crippen LogP contribution in [0, 0.1) is 23.7 Å². The fraction of sp³-hybridized carbons (Fsp3) is 1.00. The van der Waals surface area contributed by atoms with Gasteiger partial charge in [-0.15, -0.1) is 0 Å². The van der Waals surface area contributed by atoms with E-state index >= 15 is 0 Å². The minimum atomic E-state index is 0.745. The molecule has 0 amide bonds. The number of hydrogen-bond acceptors (Lipinski definition) is 2. The molecule has 0 aliphatic heterocycles. The molecule has 0 radical (unpaired) electrons. The van der Waals surface area contributed by atoms with Crippen molar-refractivity contribution in [3.8, 4) is 0 Å². The lowest BCUT2D eigenvalue weighted by Crippen LogP contribution is -2.35. The lowest BCUT2D eigenvalue weighted by molar-refractivity contribution is 0.173. The zero-order valence-corrected chi connectivity index (χ0v) is 14.2. The molecule has 118 valence electrons. The Kier molecular flexibility index (Phi) is 6.35. The Hall–Kier alpha value is -0.0800. The first-order valence-electron chi connectivity index (χ1n) is 8.97. The maximum Gasteiger partial charge on any atom is 0.00644 e. The molecule has 4 unspecified atom stereocenters. The van der Waals surface area contributed by atoms with Gasteiger partial charge in [-0.1, -0.05) is 20.3 Å². The van der Waals surface area contributed by atoms with Crippen molar-refractivity contribution in [2.75, 3.05) is 26.7 Å². The minimum Gasteiger partial charge on any atom is -0.316 e. The molecule has 2 aliphatic carbocycles. The fourth-order valence-electron chi connectivity index (χ4n) is 4.28. The highest BCUT2D eigenvalue weighted by Crippen LogP contribution is 2.48. The van der Waals surface area contributed by atoms with Crippen LogP contribution in [0.2, 0.25) is 0 Å². The van der Waals surface area contributed by atoms with Crippen molar-refractivity contribution in [3.05, 3.63) is 0 Å². The van der Waals surface area contributed by atoms with Gasteiger partial charge in [0.05, 0.1) is 0 Å². The van der Waals surface area contributed by atoms with Crippen LogP contribution in [0.15, 0.2) is 0 Å². The molecule has 20 heavy (non-hydrogen) atoms. The molecule has 2 bridgehead atoms. The van der Waals surface area contributed by atoms with Gasteiger partial charge < -0.3 is 10.2 Å². The lowest BCUT2D eigenvalue weighted by atomic mass is 9.88. The van der Waals surface area contributed by atoms with Crippen molar-refractivity contribution in [1.29, 1.82) is 0 Å². The van der Waals surface area contributed by atoms with Gasteiger partial charge in [0.2, 0.25) is 0 Å². The van der Waals surface area contributed by atoms with Crippen LogP contribution in [0.5, 0.6) is 0 Å². The molecule has 2 rings (SSSR count). The summed E-state index contributed by atoms with van der Waals surface area (Å²) in [6.07, 6.45) is 8.78. The monoisotopic (exact) mass is 280 g/mol. The molecule has 0 spiro atoms. The third-order valence-electron chi connectivity index (χ3n) is 5.69. The Morgan fingerprint density at radius 2 is 1.95 bits per heavy atom. The number of fused-ring (bicyclic) bond motifs is 2. The van der Waals surface area contributed by atoms with Crippen LogP contribution in [-0.2, 0) is 0 Å². The predicted molar refractivity (Wildman–Crippen MR) is 88.0 cm³/mol. The van der Waals surface area contributed by atoms with E-state index in [9.17, 15) is 0 Å². The van der Waals surface area contributed by atoms with Crippen LogP contribution in [0.1, 0.15) is 59.3 Å². The van der Waals surface area contributed by atoms with Crippen molar-refractivity contribution in [2.24, 2.45) is 23.7 Å². The van der Waals surface area contributed by atoms with E-state index in [1.165, 1.54) is 45.2 Å². The van der Waals surface area contributed by atoms with Gasteiger partial charge in [-0.25, -0.2) is 0 Å². The van der Waals surface area contributed by atoms with Crippen molar-refractivity contribution in [1.82, 2.24) is 10.2 Å². The first-order valence-corrected chi connectivity index (χ1v) is 8.97. The SMILES string of the molecule is CC(C)CNCCCC(C)N(C)CC1CC2CCC1C2. The van der Waals surface area contributed by atoms with Crippen molar-refractivity contribution in [3.63, 3.8) is 0 Å². The molecule has 2 nitrogen and oxygen atoms in total. The number of nitrogens with one attached hydrogen (secondary N) is 1. The molecule has 4 atom stereocenters. The smallest absolute Gasteiger partial charge is 0.00644 e. The Labute approximate surface area is 126 Å². The van der Waals surface area contributed by atoms with Gasteiger partial charge in [-0.2, -0.15) is 0 Å². The fourth-order valence-corrected chi connectivity index (χ4v) is 4.28. The molecule has 2 aliphatic rings. The third kappa shape index (κ3) is 4.73. The van der Waals surface area contributed by atoms with E-state index in [-0.39, 0.29) is 0 Å². The first kappa shape index (κ1) is 16.3. The highest BCUT2D eigenvalue weighted by molar-refractivity contribution is 4.91. The highest BCUT2D eigenvalue weighted by atomic mass is 15.1. The van der Waals surface area contributed by atoms with Gasteiger partial charge in [0.1, 0.15) is 0 Å². The minimum absolute atomic E-state index is 0.745. The Bertz CT molecular complexity index is 277. The maximum atomic E-state index is 3.56. The van der Waals surface area contributed by atoms with Crippen LogP contribution in [0.3, 0.4) is 0 Å². The summed E-state index contributed by atoms with van der Waals surface area (Å²) in [6.45, 7) is 10.7. The number of nitrogens with zero attached hydrogens (tertiary/aromatic N) is 1. The van der Waals surface area contributed by atoms with Crippen molar-refractivity contribution in [2.45, 2.75) is 65.3 Å². The molecule has 0 aromatic heterocycles. The van der Waals surface area contributed by atoms with Gasteiger partial charge in [0, 0.05) is 12.6 Å². The van der Waals surface area contributed by atoms with Crippen LogP contribution >= 0.6 is 0 Å². The standard InChI is InChI=1S/C18H36N2/c1-14(2)12-19-9-5-6-15(3)20(4)13-18-11-16-7-8-17(18)10-16/h14-19H,5-13H2,1-4H3. The second-order valence-corrected chi connectivity index (χ2v) is 7.96. The van der Waals surface area contributed by atoms with E-state index in [1.54, 1.807) is 6.42 Å². The van der Waals surface area contributed by atoms with E-state index in [0.29, 0.717) is 0 Å². The summed E-state index contributed by atoms with van der Waals surface area (Å²) in [4.78, 5) is 2.63. The molecular formula is C18H36N2. The zero-order chi connectivity index (χ0) is 14.5. The average Bonchev–Trinajstić information content (AvgIpc) is 2.99. The van der Waals surface area contributed by atoms with Crippen LogP contribution in [0.25, 0.3) is 0 Å². The van der Waals surface area contributed by atoms with Crippen molar-refractivity contribution >= 4 is 0 Å². The summed E-state index contributed by atoms with van der Waals surface area (Å²) in [7, 11) is 2.35. The second-order valence-electron chi connectivity index (χ2n) is 7.96. The first-order chi connectivity index (χ1) is 9.56. The summed E-state index contributed by atoms with van der Waals surface area (Å²) in [5, 5.41) is 3.56. The summed E-state index contributed by atoms with van der Waals surface area (Å²) in [6, 6.07) is 0.745. The van der Waals surface area contributed by atoms with Gasteiger partial charge in [-0.3, -0.25) is 0 Å². The highest BCUT2D eigenvalue weighted by Gasteiger charge is 2.39. The van der Waals surface area contributed by atoms with Gasteiger partial charge in [-0.05, 0) is 82.8 Å². The summed E-state index contributed by atoms with van der Waals surface area (Å²) in [5.74, 6) is 3.95.